The standard InChI is InChI=1S/C15H16F2N4O4S/c1-7-8(5-20-4-3-18-11(22)13(20)24)26-14-10(7)12(23)21(6-9(16)17)15(25)19(14)2/h9H,3-6H2,1-2H3,(H,18,22). The minimum Gasteiger partial charge on any atom is -0.346 e. The number of rotatable bonds is 4. The van der Waals surface area contributed by atoms with Gasteiger partial charge in [0.05, 0.1) is 18.5 Å². The first-order chi connectivity index (χ1) is 12.2. The zero-order valence-electron chi connectivity index (χ0n) is 14.0. The van der Waals surface area contributed by atoms with Crippen LogP contribution in [-0.4, -0.2) is 45.4 Å². The summed E-state index contributed by atoms with van der Waals surface area (Å²) in [6.07, 6.45) is -2.83. The van der Waals surface area contributed by atoms with Crippen molar-refractivity contribution >= 4 is 33.4 Å². The third-order valence-corrected chi connectivity index (χ3v) is 5.67. The molecule has 1 aliphatic heterocycles. The molecule has 0 bridgehead atoms. The Kier molecular flexibility index (Phi) is 4.65. The van der Waals surface area contributed by atoms with Gasteiger partial charge in [-0.3, -0.25) is 23.5 Å². The van der Waals surface area contributed by atoms with Crippen LogP contribution in [0.4, 0.5) is 8.78 Å². The molecule has 2 amide bonds. The second kappa shape index (κ2) is 6.63. The molecular formula is C15H16F2N4O4S. The lowest BCUT2D eigenvalue weighted by Crippen LogP contribution is -2.51. The zero-order valence-corrected chi connectivity index (χ0v) is 14.9. The number of nitrogens with zero attached hydrogens (tertiary/aromatic N) is 3. The topological polar surface area (TPSA) is 93.4 Å². The zero-order chi connectivity index (χ0) is 19.2. The van der Waals surface area contributed by atoms with Crippen molar-refractivity contribution in [1.82, 2.24) is 19.4 Å². The fraction of sp³-hybridized carbons (Fsp3) is 0.467. The van der Waals surface area contributed by atoms with E-state index in [-0.39, 0.29) is 11.9 Å². The first-order valence-electron chi connectivity index (χ1n) is 7.79. The van der Waals surface area contributed by atoms with Crippen molar-refractivity contribution in [2.45, 2.75) is 26.4 Å². The normalized spacial score (nSPS) is 15.2. The molecule has 3 heterocycles. The van der Waals surface area contributed by atoms with E-state index >= 15 is 0 Å². The van der Waals surface area contributed by atoms with Gasteiger partial charge in [0.2, 0.25) is 0 Å². The molecule has 1 aliphatic rings. The summed E-state index contributed by atoms with van der Waals surface area (Å²) in [5, 5.41) is 2.63. The first kappa shape index (κ1) is 18.2. The van der Waals surface area contributed by atoms with Crippen molar-refractivity contribution in [2.24, 2.45) is 7.05 Å². The Hall–Kier alpha value is -2.56. The van der Waals surface area contributed by atoms with Gasteiger partial charge in [-0.1, -0.05) is 0 Å². The fourth-order valence-corrected chi connectivity index (χ4v) is 4.19. The van der Waals surface area contributed by atoms with Gasteiger partial charge in [-0.15, -0.1) is 11.3 Å². The van der Waals surface area contributed by atoms with Crippen LogP contribution in [0.2, 0.25) is 0 Å². The highest BCUT2D eigenvalue weighted by Gasteiger charge is 2.28. The number of hydrogen-bond donors (Lipinski definition) is 1. The summed E-state index contributed by atoms with van der Waals surface area (Å²) < 4.78 is 27.1. The van der Waals surface area contributed by atoms with Gasteiger partial charge in [-0.2, -0.15) is 0 Å². The van der Waals surface area contributed by atoms with Crippen molar-refractivity contribution < 1.29 is 18.4 Å². The average Bonchev–Trinajstić information content (AvgIpc) is 2.90. The molecule has 0 aromatic carbocycles. The number of aryl methyl sites for hydroxylation is 2. The van der Waals surface area contributed by atoms with Crippen molar-refractivity contribution in [1.29, 1.82) is 0 Å². The van der Waals surface area contributed by atoms with E-state index in [4.69, 9.17) is 0 Å². The highest BCUT2D eigenvalue weighted by molar-refractivity contribution is 7.18. The van der Waals surface area contributed by atoms with E-state index in [2.05, 4.69) is 5.32 Å². The Bertz CT molecular complexity index is 1020. The summed E-state index contributed by atoms with van der Waals surface area (Å²) in [7, 11) is 1.41. The van der Waals surface area contributed by atoms with E-state index in [0.29, 0.717) is 32.9 Å². The first-order valence-corrected chi connectivity index (χ1v) is 8.61. The van der Waals surface area contributed by atoms with Gasteiger partial charge >= 0.3 is 17.5 Å². The Labute approximate surface area is 149 Å². The molecule has 2 aromatic rings. The van der Waals surface area contributed by atoms with Gasteiger partial charge in [0.25, 0.3) is 12.0 Å². The maximum absolute atomic E-state index is 12.7. The lowest BCUT2D eigenvalue weighted by molar-refractivity contribution is -0.148. The molecule has 0 spiro atoms. The smallest absolute Gasteiger partial charge is 0.332 e. The molecule has 1 saturated heterocycles. The summed E-state index contributed by atoms with van der Waals surface area (Å²) in [5.41, 5.74) is -1.07. The molecule has 11 heteroatoms. The van der Waals surface area contributed by atoms with Crippen LogP contribution < -0.4 is 16.6 Å². The van der Waals surface area contributed by atoms with Gasteiger partial charge in [0, 0.05) is 25.0 Å². The van der Waals surface area contributed by atoms with E-state index in [1.54, 1.807) is 6.92 Å². The molecule has 2 aromatic heterocycles. The van der Waals surface area contributed by atoms with E-state index < -0.39 is 36.0 Å². The third kappa shape index (κ3) is 2.91. The molecule has 0 atom stereocenters. The minimum atomic E-state index is -2.83. The van der Waals surface area contributed by atoms with Gasteiger partial charge in [0.15, 0.2) is 0 Å². The highest BCUT2D eigenvalue weighted by atomic mass is 32.1. The Morgan fingerprint density at radius 2 is 1.92 bits per heavy atom. The number of amides is 2. The Morgan fingerprint density at radius 1 is 1.23 bits per heavy atom. The Balaban J connectivity index is 2.11. The minimum absolute atomic E-state index is 0.111. The van der Waals surface area contributed by atoms with Gasteiger partial charge < -0.3 is 10.2 Å². The number of aromatic nitrogens is 2. The molecule has 0 aliphatic carbocycles. The van der Waals surface area contributed by atoms with Crippen molar-refractivity contribution in [3.05, 3.63) is 31.3 Å². The number of fused-ring (bicyclic) bond motifs is 1. The maximum Gasteiger partial charge on any atom is 0.332 e. The number of carbonyl (C=O) groups is 2. The molecule has 3 rings (SSSR count). The van der Waals surface area contributed by atoms with E-state index in [9.17, 15) is 28.0 Å². The van der Waals surface area contributed by atoms with Crippen molar-refractivity contribution in [2.75, 3.05) is 13.1 Å². The highest BCUT2D eigenvalue weighted by Crippen LogP contribution is 2.28. The number of alkyl halides is 2. The second-order valence-electron chi connectivity index (χ2n) is 5.96. The molecule has 8 nitrogen and oxygen atoms in total. The Morgan fingerprint density at radius 3 is 2.58 bits per heavy atom. The van der Waals surface area contributed by atoms with Crippen LogP contribution in [0.5, 0.6) is 0 Å². The number of thiophene rings is 1. The molecule has 26 heavy (non-hydrogen) atoms. The predicted octanol–water partition coefficient (Wildman–Crippen LogP) is -0.206. The molecule has 140 valence electrons. The van der Waals surface area contributed by atoms with Crippen LogP contribution >= 0.6 is 11.3 Å². The summed E-state index contributed by atoms with van der Waals surface area (Å²) in [6.45, 7) is 1.43. The van der Waals surface area contributed by atoms with Crippen LogP contribution in [0.1, 0.15) is 10.4 Å². The molecule has 0 unspecified atom stereocenters. The van der Waals surface area contributed by atoms with Gasteiger partial charge in [0.1, 0.15) is 4.83 Å². The van der Waals surface area contributed by atoms with Crippen LogP contribution in [-0.2, 0) is 29.7 Å². The van der Waals surface area contributed by atoms with Gasteiger partial charge in [-0.25, -0.2) is 13.6 Å². The lowest BCUT2D eigenvalue weighted by Gasteiger charge is -2.26. The molecule has 1 N–H and O–H groups in total. The van der Waals surface area contributed by atoms with Crippen LogP contribution in [0.25, 0.3) is 10.2 Å². The average molecular weight is 386 g/mol. The van der Waals surface area contributed by atoms with Crippen LogP contribution in [0.15, 0.2) is 9.59 Å². The number of piperazine rings is 1. The molecule has 0 radical (unpaired) electrons. The van der Waals surface area contributed by atoms with Gasteiger partial charge in [-0.05, 0) is 12.5 Å². The number of hydrogen-bond acceptors (Lipinski definition) is 5. The maximum atomic E-state index is 12.7. The molecular weight excluding hydrogens is 370 g/mol. The van der Waals surface area contributed by atoms with E-state index in [1.165, 1.54) is 11.9 Å². The van der Waals surface area contributed by atoms with Crippen LogP contribution in [0.3, 0.4) is 0 Å². The van der Waals surface area contributed by atoms with Crippen molar-refractivity contribution in [3.63, 3.8) is 0 Å². The predicted molar refractivity (Wildman–Crippen MR) is 90.5 cm³/mol. The SMILES string of the molecule is Cc1c(CN2CCNC(=O)C2=O)sc2c1c(=O)n(CC(F)F)c(=O)n2C. The number of carbonyl (C=O) groups excluding carboxylic acids is 2. The summed E-state index contributed by atoms with van der Waals surface area (Å²) in [4.78, 5) is 50.5. The second-order valence-corrected chi connectivity index (χ2v) is 7.05. The summed E-state index contributed by atoms with van der Waals surface area (Å²) in [5.74, 6) is -1.36. The third-order valence-electron chi connectivity index (χ3n) is 4.31. The number of halogens is 2. The van der Waals surface area contributed by atoms with E-state index in [0.717, 1.165) is 15.9 Å². The fourth-order valence-electron chi connectivity index (χ4n) is 2.92. The molecule has 0 saturated carbocycles. The summed E-state index contributed by atoms with van der Waals surface area (Å²) >= 11 is 1.14. The molecule has 1 fully saturated rings. The van der Waals surface area contributed by atoms with E-state index in [1.807, 2.05) is 0 Å². The van der Waals surface area contributed by atoms with Crippen LogP contribution in [0, 0.1) is 6.92 Å². The van der Waals surface area contributed by atoms with Crippen molar-refractivity contribution in [3.8, 4) is 0 Å². The largest absolute Gasteiger partial charge is 0.346 e. The summed E-state index contributed by atoms with van der Waals surface area (Å²) in [6, 6.07) is 0. The number of nitrogens with one attached hydrogen (secondary N) is 1. The quantitative estimate of drug-likeness (QED) is 0.736. The lowest BCUT2D eigenvalue weighted by atomic mass is 10.2. The monoisotopic (exact) mass is 386 g/mol.